The molecule has 2 aromatic heterocycles. The second-order valence-electron chi connectivity index (χ2n) is 4.73. The highest BCUT2D eigenvalue weighted by molar-refractivity contribution is 7.18. The first-order valence-electron chi connectivity index (χ1n) is 6.45. The van der Waals surface area contributed by atoms with Gasteiger partial charge >= 0.3 is 0 Å². The molecule has 0 unspecified atom stereocenters. The zero-order valence-electron chi connectivity index (χ0n) is 11.7. The zero-order chi connectivity index (χ0) is 15.0. The van der Waals surface area contributed by atoms with E-state index in [1.807, 2.05) is 19.1 Å². The number of halogens is 1. The Balaban J connectivity index is 1.86. The van der Waals surface area contributed by atoms with Crippen molar-refractivity contribution >= 4 is 39.0 Å². The van der Waals surface area contributed by atoms with E-state index in [2.05, 4.69) is 16.9 Å². The summed E-state index contributed by atoms with van der Waals surface area (Å²) < 4.78 is 5.65. The van der Waals surface area contributed by atoms with Crippen LogP contribution >= 0.6 is 22.9 Å². The molecule has 0 radical (unpaired) electrons. The molecular formula is C15H14ClN3OS. The van der Waals surface area contributed by atoms with Gasteiger partial charge in [-0.1, -0.05) is 11.6 Å². The number of nitrogens with zero attached hydrogens (tertiary/aromatic N) is 2. The predicted octanol–water partition coefficient (Wildman–Crippen LogP) is 4.12. The average Bonchev–Trinajstić information content (AvgIpc) is 2.74. The lowest BCUT2D eigenvalue weighted by Gasteiger charge is -2.06. The van der Waals surface area contributed by atoms with Gasteiger partial charge in [-0.25, -0.2) is 9.97 Å². The van der Waals surface area contributed by atoms with Crippen molar-refractivity contribution < 1.29 is 4.74 Å². The summed E-state index contributed by atoms with van der Waals surface area (Å²) in [4.78, 5) is 11.0. The first kappa shape index (κ1) is 14.1. The van der Waals surface area contributed by atoms with E-state index < -0.39 is 0 Å². The number of benzene rings is 1. The van der Waals surface area contributed by atoms with E-state index in [0.717, 1.165) is 21.5 Å². The fraction of sp³-hybridized carbons (Fsp3) is 0.200. The van der Waals surface area contributed by atoms with Crippen LogP contribution in [-0.2, 0) is 6.61 Å². The van der Waals surface area contributed by atoms with Crippen LogP contribution in [-0.4, -0.2) is 9.97 Å². The number of ether oxygens (including phenoxy) is 1. The Kier molecular flexibility index (Phi) is 3.69. The monoisotopic (exact) mass is 319 g/mol. The molecule has 6 heteroatoms. The molecule has 0 aliphatic rings. The highest BCUT2D eigenvalue weighted by Gasteiger charge is 2.12. The molecule has 3 aromatic rings. The maximum Gasteiger partial charge on any atom is 0.169 e. The summed E-state index contributed by atoms with van der Waals surface area (Å²) in [5.74, 6) is 1.81. The summed E-state index contributed by atoms with van der Waals surface area (Å²) in [7, 11) is 0. The third-order valence-corrected chi connectivity index (χ3v) is 4.64. The van der Waals surface area contributed by atoms with Crippen molar-refractivity contribution in [2.24, 2.45) is 0 Å². The zero-order valence-corrected chi connectivity index (χ0v) is 13.3. The number of nitrogen functional groups attached to an aromatic ring is 1. The van der Waals surface area contributed by atoms with Gasteiger partial charge in [-0.2, -0.15) is 0 Å². The van der Waals surface area contributed by atoms with Crippen LogP contribution in [0.3, 0.4) is 0 Å². The molecule has 0 atom stereocenters. The van der Waals surface area contributed by atoms with Crippen molar-refractivity contribution in [1.29, 1.82) is 0 Å². The van der Waals surface area contributed by atoms with E-state index in [1.165, 1.54) is 4.88 Å². The lowest BCUT2D eigenvalue weighted by atomic mass is 10.2. The van der Waals surface area contributed by atoms with Gasteiger partial charge in [0.25, 0.3) is 0 Å². The van der Waals surface area contributed by atoms with E-state index in [-0.39, 0.29) is 6.61 Å². The van der Waals surface area contributed by atoms with Gasteiger partial charge in [0, 0.05) is 9.90 Å². The third kappa shape index (κ3) is 2.80. The van der Waals surface area contributed by atoms with Gasteiger partial charge in [-0.05, 0) is 43.7 Å². The quantitative estimate of drug-likeness (QED) is 0.788. The Hall–Kier alpha value is -1.85. The van der Waals surface area contributed by atoms with Gasteiger partial charge < -0.3 is 10.5 Å². The van der Waals surface area contributed by atoms with Gasteiger partial charge in [0.15, 0.2) is 5.82 Å². The minimum atomic E-state index is 0.276. The van der Waals surface area contributed by atoms with Crippen LogP contribution in [0, 0.1) is 13.8 Å². The number of hydrogen-bond acceptors (Lipinski definition) is 5. The second kappa shape index (κ2) is 5.50. The Bertz CT molecular complexity index is 799. The van der Waals surface area contributed by atoms with Crippen molar-refractivity contribution in [2.45, 2.75) is 20.5 Å². The Morgan fingerprint density at radius 1 is 1.19 bits per heavy atom. The van der Waals surface area contributed by atoms with E-state index in [9.17, 15) is 0 Å². The maximum absolute atomic E-state index is 6.04. The fourth-order valence-corrected chi connectivity index (χ4v) is 3.25. The molecule has 2 N–H and O–H groups in total. The summed E-state index contributed by atoms with van der Waals surface area (Å²) in [5.41, 5.74) is 7.19. The number of hydrogen-bond donors (Lipinski definition) is 1. The minimum Gasteiger partial charge on any atom is -0.486 e. The van der Waals surface area contributed by atoms with E-state index in [1.54, 1.807) is 23.5 Å². The molecule has 0 saturated heterocycles. The largest absolute Gasteiger partial charge is 0.486 e. The molecular weight excluding hydrogens is 306 g/mol. The summed E-state index contributed by atoms with van der Waals surface area (Å²) in [5, 5.41) is 1.63. The van der Waals surface area contributed by atoms with Crippen LogP contribution in [0.4, 0.5) is 5.82 Å². The van der Waals surface area contributed by atoms with E-state index >= 15 is 0 Å². The lowest BCUT2D eigenvalue weighted by molar-refractivity contribution is 0.296. The van der Waals surface area contributed by atoms with E-state index in [0.29, 0.717) is 16.7 Å². The van der Waals surface area contributed by atoms with E-state index in [4.69, 9.17) is 22.1 Å². The Morgan fingerprint density at radius 3 is 2.62 bits per heavy atom. The minimum absolute atomic E-state index is 0.276. The summed E-state index contributed by atoms with van der Waals surface area (Å²) in [6.45, 7) is 4.38. The molecule has 1 aromatic carbocycles. The smallest absolute Gasteiger partial charge is 0.169 e. The summed E-state index contributed by atoms with van der Waals surface area (Å²) >= 11 is 7.46. The normalized spacial score (nSPS) is 11.0. The van der Waals surface area contributed by atoms with Crippen LogP contribution in [0.25, 0.3) is 10.2 Å². The van der Waals surface area contributed by atoms with Gasteiger partial charge in [0.1, 0.15) is 23.0 Å². The standard InChI is InChI=1S/C15H14ClN3OS/c1-8-9(2)21-15-13(8)14(17)18-12(19-15)7-20-11-5-3-10(16)4-6-11/h3-6H,7H2,1-2H3,(H2,17,18,19). The number of aryl methyl sites for hydroxylation is 2. The predicted molar refractivity (Wildman–Crippen MR) is 87.1 cm³/mol. The van der Waals surface area contributed by atoms with Gasteiger partial charge in [0.05, 0.1) is 5.39 Å². The highest BCUT2D eigenvalue weighted by Crippen LogP contribution is 2.31. The molecule has 0 aliphatic heterocycles. The lowest BCUT2D eigenvalue weighted by Crippen LogP contribution is -2.04. The molecule has 0 aliphatic carbocycles. The van der Waals surface area contributed by atoms with Crippen molar-refractivity contribution in [2.75, 3.05) is 5.73 Å². The molecule has 0 bridgehead atoms. The highest BCUT2D eigenvalue weighted by atomic mass is 35.5. The number of anilines is 1. The molecule has 3 rings (SSSR count). The number of rotatable bonds is 3. The van der Waals surface area contributed by atoms with Gasteiger partial charge in [0.2, 0.25) is 0 Å². The second-order valence-corrected chi connectivity index (χ2v) is 6.37. The van der Waals surface area contributed by atoms with Crippen LogP contribution in [0.5, 0.6) is 5.75 Å². The van der Waals surface area contributed by atoms with Crippen LogP contribution in [0.15, 0.2) is 24.3 Å². The number of fused-ring (bicyclic) bond motifs is 1. The fourth-order valence-electron chi connectivity index (χ4n) is 2.07. The Labute approximate surface area is 131 Å². The van der Waals surface area contributed by atoms with Crippen molar-refractivity contribution in [1.82, 2.24) is 9.97 Å². The molecule has 0 fully saturated rings. The maximum atomic E-state index is 6.04. The number of aromatic nitrogens is 2. The average molecular weight is 320 g/mol. The summed E-state index contributed by atoms with van der Waals surface area (Å²) in [6, 6.07) is 7.18. The van der Waals surface area contributed by atoms with Crippen LogP contribution in [0.1, 0.15) is 16.3 Å². The van der Waals surface area contributed by atoms with Crippen molar-refractivity contribution in [3.05, 3.63) is 45.6 Å². The van der Waals surface area contributed by atoms with Gasteiger partial charge in [-0.3, -0.25) is 0 Å². The van der Waals surface area contributed by atoms with Crippen molar-refractivity contribution in [3.8, 4) is 5.75 Å². The summed E-state index contributed by atoms with van der Waals surface area (Å²) in [6.07, 6.45) is 0. The van der Waals surface area contributed by atoms with Crippen molar-refractivity contribution in [3.63, 3.8) is 0 Å². The number of thiophene rings is 1. The molecule has 108 valence electrons. The first-order chi connectivity index (χ1) is 10.0. The Morgan fingerprint density at radius 2 is 1.90 bits per heavy atom. The molecule has 0 saturated carbocycles. The van der Waals surface area contributed by atoms with Gasteiger partial charge in [-0.15, -0.1) is 11.3 Å². The van der Waals surface area contributed by atoms with Crippen LogP contribution in [0.2, 0.25) is 5.02 Å². The molecule has 0 amide bonds. The SMILES string of the molecule is Cc1sc2nc(COc3ccc(Cl)cc3)nc(N)c2c1C. The van der Waals surface area contributed by atoms with Crippen LogP contribution < -0.4 is 10.5 Å². The third-order valence-electron chi connectivity index (χ3n) is 3.28. The molecule has 0 spiro atoms. The number of nitrogens with two attached hydrogens (primary N) is 1. The molecule has 4 nitrogen and oxygen atoms in total. The first-order valence-corrected chi connectivity index (χ1v) is 7.64. The molecule has 21 heavy (non-hydrogen) atoms. The topological polar surface area (TPSA) is 61.0 Å². The molecule has 2 heterocycles.